The Balaban J connectivity index is 0.000000281. The average molecular weight is 708 g/mol. The van der Waals surface area contributed by atoms with Crippen molar-refractivity contribution < 1.29 is 0 Å². The van der Waals surface area contributed by atoms with Crippen molar-refractivity contribution in [3.8, 4) is 22.3 Å². The molecule has 55 heavy (non-hydrogen) atoms. The maximum atomic E-state index is 2.46. The highest BCUT2D eigenvalue weighted by Gasteiger charge is 2.23. The van der Waals surface area contributed by atoms with Gasteiger partial charge in [-0.1, -0.05) is 188 Å². The quantitative estimate of drug-likeness (QED) is 0.112. The molecule has 9 rings (SSSR count). The molecule has 0 atom stereocenters. The fourth-order valence-corrected chi connectivity index (χ4v) is 7.79. The number of anilines is 2. The summed E-state index contributed by atoms with van der Waals surface area (Å²) in [5, 5.41) is 7.88. The van der Waals surface area contributed by atoms with Crippen molar-refractivity contribution in [3.63, 3.8) is 0 Å². The van der Waals surface area contributed by atoms with Crippen LogP contribution in [0.2, 0.25) is 0 Å². The molecule has 0 bridgehead atoms. The van der Waals surface area contributed by atoms with E-state index in [0.29, 0.717) is 0 Å². The molecule has 0 amide bonds. The largest absolute Gasteiger partial charge is 0.310 e. The third-order valence-electron chi connectivity index (χ3n) is 10.4. The second-order valence-corrected chi connectivity index (χ2v) is 13.9. The fraction of sp³-hybridized carbons (Fsp3) is 0.0741. The first kappa shape index (κ1) is 35.3. The molecule has 0 fully saturated rings. The summed E-state index contributed by atoms with van der Waals surface area (Å²) >= 11 is 0. The van der Waals surface area contributed by atoms with Gasteiger partial charge in [0, 0.05) is 22.2 Å². The average Bonchev–Trinajstić information content (AvgIpc) is 3.25. The minimum atomic E-state index is 1.05. The van der Waals surface area contributed by atoms with Crippen molar-refractivity contribution in [3.05, 3.63) is 223 Å². The van der Waals surface area contributed by atoms with Gasteiger partial charge in [0.2, 0.25) is 0 Å². The number of para-hydroxylation sites is 1. The number of rotatable bonds is 8. The van der Waals surface area contributed by atoms with Gasteiger partial charge in [0.25, 0.3) is 0 Å². The normalized spacial score (nSPS) is 12.9. The molecule has 1 aliphatic carbocycles. The van der Waals surface area contributed by atoms with E-state index in [4.69, 9.17) is 0 Å². The number of nitrogens with zero attached hydrogens (tertiary/aromatic N) is 1. The van der Waals surface area contributed by atoms with Crippen LogP contribution in [0.15, 0.2) is 212 Å². The molecule has 0 saturated carbocycles. The van der Waals surface area contributed by atoms with E-state index in [1.54, 1.807) is 0 Å². The van der Waals surface area contributed by atoms with E-state index in [1.165, 1.54) is 82.8 Å². The Bertz CT molecular complexity index is 2680. The lowest BCUT2D eigenvalue weighted by Crippen LogP contribution is -2.17. The Kier molecular flexibility index (Phi) is 10.6. The molecule has 1 nitrogen and oxygen atoms in total. The smallest absolute Gasteiger partial charge is 0.0546 e. The van der Waals surface area contributed by atoms with Gasteiger partial charge in [0.05, 0.1) is 5.69 Å². The minimum Gasteiger partial charge on any atom is -0.310 e. The van der Waals surface area contributed by atoms with Gasteiger partial charge in [-0.25, -0.2) is 0 Å². The van der Waals surface area contributed by atoms with Gasteiger partial charge in [0.1, 0.15) is 0 Å². The van der Waals surface area contributed by atoms with Crippen molar-refractivity contribution >= 4 is 49.8 Å². The monoisotopic (exact) mass is 707 g/mol. The molecule has 1 heteroatoms. The summed E-state index contributed by atoms with van der Waals surface area (Å²) in [5.74, 6) is 0. The molecule has 0 radical (unpaired) electrons. The van der Waals surface area contributed by atoms with E-state index in [9.17, 15) is 0 Å². The van der Waals surface area contributed by atoms with Crippen molar-refractivity contribution in [2.75, 3.05) is 4.90 Å². The Labute approximate surface area is 325 Å². The summed E-state index contributed by atoms with van der Waals surface area (Å²) in [7, 11) is 0. The molecular formula is C54H45N. The van der Waals surface area contributed by atoms with Gasteiger partial charge < -0.3 is 4.90 Å². The van der Waals surface area contributed by atoms with Crippen molar-refractivity contribution in [2.45, 2.75) is 26.7 Å². The summed E-state index contributed by atoms with van der Waals surface area (Å²) in [6.45, 7) is 4.26. The summed E-state index contributed by atoms with van der Waals surface area (Å²) < 4.78 is 0. The van der Waals surface area contributed by atoms with Crippen LogP contribution in [0.3, 0.4) is 0 Å². The van der Waals surface area contributed by atoms with Gasteiger partial charge >= 0.3 is 0 Å². The Hall–Kier alpha value is -6.70. The van der Waals surface area contributed by atoms with Crippen LogP contribution in [0.25, 0.3) is 60.6 Å². The molecule has 0 aromatic heterocycles. The maximum absolute atomic E-state index is 2.46. The topological polar surface area (TPSA) is 3.24 Å². The van der Waals surface area contributed by atoms with Crippen LogP contribution >= 0.6 is 0 Å². The summed E-state index contributed by atoms with van der Waals surface area (Å²) in [6, 6.07) is 56.9. The highest BCUT2D eigenvalue weighted by Crippen LogP contribution is 2.48. The van der Waals surface area contributed by atoms with Crippen LogP contribution in [0.5, 0.6) is 0 Å². The van der Waals surface area contributed by atoms with Crippen LogP contribution in [-0.2, 0) is 0 Å². The predicted molar refractivity (Wildman–Crippen MR) is 240 cm³/mol. The Morgan fingerprint density at radius 1 is 0.509 bits per heavy atom. The summed E-state index contributed by atoms with van der Waals surface area (Å²) in [6.07, 6.45) is 21.3. The molecule has 8 aromatic rings. The van der Waals surface area contributed by atoms with Crippen molar-refractivity contribution in [1.29, 1.82) is 0 Å². The van der Waals surface area contributed by atoms with Crippen LogP contribution in [-0.4, -0.2) is 0 Å². The first-order valence-electron chi connectivity index (χ1n) is 19.3. The molecule has 0 unspecified atom stereocenters. The van der Waals surface area contributed by atoms with Crippen LogP contribution in [0.4, 0.5) is 11.4 Å². The predicted octanol–water partition coefficient (Wildman–Crippen LogP) is 15.4. The second-order valence-electron chi connectivity index (χ2n) is 13.9. The summed E-state index contributed by atoms with van der Waals surface area (Å²) in [5.41, 5.74) is 11.2. The van der Waals surface area contributed by atoms with E-state index in [-0.39, 0.29) is 0 Å². The lowest BCUT2D eigenvalue weighted by atomic mass is 9.84. The first-order chi connectivity index (χ1) is 27.2. The van der Waals surface area contributed by atoms with Crippen LogP contribution in [0.1, 0.15) is 30.9 Å². The van der Waals surface area contributed by atoms with E-state index in [2.05, 4.69) is 176 Å². The number of benzene rings is 8. The number of hydrogen-bond acceptors (Lipinski definition) is 1. The number of aryl methyl sites for hydroxylation is 1. The molecule has 0 N–H and O–H groups in total. The Morgan fingerprint density at radius 2 is 1.05 bits per heavy atom. The van der Waals surface area contributed by atoms with Crippen molar-refractivity contribution in [1.82, 2.24) is 0 Å². The lowest BCUT2D eigenvalue weighted by Gasteiger charge is -2.30. The molecule has 266 valence electrons. The van der Waals surface area contributed by atoms with Gasteiger partial charge in [-0.3, -0.25) is 0 Å². The van der Waals surface area contributed by atoms with E-state index in [1.807, 2.05) is 55.5 Å². The summed E-state index contributed by atoms with van der Waals surface area (Å²) in [4.78, 5) is 2.46. The molecule has 0 saturated heterocycles. The van der Waals surface area contributed by atoms with Gasteiger partial charge in [-0.2, -0.15) is 0 Å². The van der Waals surface area contributed by atoms with Gasteiger partial charge in [-0.15, -0.1) is 0 Å². The highest BCUT2D eigenvalue weighted by atomic mass is 15.1. The van der Waals surface area contributed by atoms with Crippen molar-refractivity contribution in [2.24, 2.45) is 0 Å². The fourth-order valence-electron chi connectivity index (χ4n) is 7.79. The zero-order valence-electron chi connectivity index (χ0n) is 31.6. The first-order valence-corrected chi connectivity index (χ1v) is 19.3. The third-order valence-corrected chi connectivity index (χ3v) is 10.4. The highest BCUT2D eigenvalue weighted by molar-refractivity contribution is 6.30. The lowest BCUT2D eigenvalue weighted by molar-refractivity contribution is 0.998. The Morgan fingerprint density at radius 3 is 1.67 bits per heavy atom. The second kappa shape index (κ2) is 16.5. The molecule has 0 spiro atoms. The minimum absolute atomic E-state index is 1.05. The maximum Gasteiger partial charge on any atom is 0.0546 e. The van der Waals surface area contributed by atoms with Crippen LogP contribution < -0.4 is 4.90 Å². The molecule has 0 heterocycles. The van der Waals surface area contributed by atoms with E-state index < -0.39 is 0 Å². The van der Waals surface area contributed by atoms with Gasteiger partial charge in [0.15, 0.2) is 0 Å². The van der Waals surface area contributed by atoms with E-state index >= 15 is 0 Å². The number of hydrogen-bond donors (Lipinski definition) is 0. The third kappa shape index (κ3) is 7.43. The standard InChI is InChI=1S/C41H31N.C13H14/c1-28-26-37(29-14-6-2-7-15-29)34-24-25-36-39(42(31-18-10-4-11-19-31)32-20-12-5-13-21-32)27-38(30-16-8-3-9-17-30)35-23-22-33(28)40(34)41(35)36;1-2-3-4-5-7-10-13-11-8-6-9-12-13/h2-4,6-12,14-27H,5,13H2,1H3;2-12H,1H3/b;3-2+,5-4-,10-7-. The molecule has 1 aliphatic rings. The number of allylic oxidation sites excluding steroid dienone is 8. The molecule has 8 aromatic carbocycles. The van der Waals surface area contributed by atoms with E-state index in [0.717, 1.165) is 12.8 Å². The van der Waals surface area contributed by atoms with Crippen LogP contribution in [0, 0.1) is 6.92 Å². The molecular weight excluding hydrogens is 663 g/mol. The zero-order valence-corrected chi connectivity index (χ0v) is 31.6. The zero-order chi connectivity index (χ0) is 37.4. The molecule has 0 aliphatic heterocycles. The SMILES string of the molecule is C/C=C/C=C\C=C/c1ccccc1.Cc1cc(-c2ccccc2)c2ccc3c(N(C4=CCCC=C4)c4ccccc4)cc(-c4ccccc4)c4ccc1c2c43. The van der Waals surface area contributed by atoms with Gasteiger partial charge in [-0.05, 0) is 106 Å².